The maximum Gasteiger partial charge on any atom is 0.0621 e. The van der Waals surface area contributed by atoms with Gasteiger partial charge in [-0.15, -0.1) is 0 Å². The highest BCUT2D eigenvalue weighted by Crippen LogP contribution is 2.49. The van der Waals surface area contributed by atoms with E-state index in [2.05, 4.69) is 227 Å². The molecule has 0 atom stereocenters. The molecule has 4 aromatic heterocycles. The van der Waals surface area contributed by atoms with Gasteiger partial charge in [0.05, 0.1) is 44.5 Å². The maximum atomic E-state index is 3.95. The zero-order chi connectivity index (χ0) is 40.1. The predicted octanol–water partition coefficient (Wildman–Crippen LogP) is 15.5. The number of benzene rings is 8. The minimum absolute atomic E-state index is 1.11. The summed E-state index contributed by atoms with van der Waals surface area (Å²) in [6.45, 7) is 8.19. The Bertz CT molecular complexity index is 3700. The summed E-state index contributed by atoms with van der Waals surface area (Å²) in [7, 11) is 0. The minimum Gasteiger partial charge on any atom is -0.316 e. The van der Waals surface area contributed by atoms with E-state index >= 15 is 0 Å². The molecule has 0 aliphatic rings. The van der Waals surface area contributed by atoms with Crippen LogP contribution in [0.4, 0.5) is 28.4 Å². The number of aromatic nitrogens is 2. The lowest BCUT2D eigenvalue weighted by molar-refractivity contribution is 1.28. The van der Waals surface area contributed by atoms with Crippen molar-refractivity contribution in [3.8, 4) is 0 Å². The summed E-state index contributed by atoms with van der Waals surface area (Å²) in [5, 5.41) is 10.0. The molecule has 4 heteroatoms. The van der Waals surface area contributed by atoms with E-state index in [1.165, 1.54) is 87.4 Å². The molecule has 8 aromatic carbocycles. The molecule has 0 saturated carbocycles. The molecule has 4 heterocycles. The van der Waals surface area contributed by atoms with Crippen molar-refractivity contribution in [1.82, 2.24) is 8.80 Å². The van der Waals surface area contributed by atoms with Gasteiger partial charge in [0.2, 0.25) is 0 Å². The number of rotatable bonds is 8. The van der Waals surface area contributed by atoms with Crippen LogP contribution in [0.2, 0.25) is 0 Å². The van der Waals surface area contributed by atoms with Crippen LogP contribution in [-0.2, 0) is 0 Å². The molecule has 0 unspecified atom stereocenters. The maximum absolute atomic E-state index is 3.95. The number of hydrogen-bond donors (Lipinski definition) is 0. The van der Waals surface area contributed by atoms with Crippen LogP contribution in [0.3, 0.4) is 0 Å². The number of fused-ring (bicyclic) bond motifs is 12. The van der Waals surface area contributed by atoms with Crippen molar-refractivity contribution < 1.29 is 0 Å². The second kappa shape index (κ2) is 13.1. The predicted molar refractivity (Wildman–Crippen MR) is 257 cm³/mol. The van der Waals surface area contributed by atoms with E-state index in [0.29, 0.717) is 0 Å². The van der Waals surface area contributed by atoms with Crippen LogP contribution in [-0.4, -0.2) is 8.80 Å². The zero-order valence-electron chi connectivity index (χ0n) is 33.5. The molecule has 0 amide bonds. The second-order valence-corrected chi connectivity index (χ2v) is 16.0. The van der Waals surface area contributed by atoms with Gasteiger partial charge >= 0.3 is 0 Å². The Kier molecular flexibility index (Phi) is 7.48. The third-order valence-electron chi connectivity index (χ3n) is 12.5. The van der Waals surface area contributed by atoms with Gasteiger partial charge in [-0.2, -0.15) is 0 Å². The number of anilines is 5. The molecule has 12 aromatic rings. The third kappa shape index (κ3) is 4.85. The molecule has 0 radical (unpaired) electrons. The van der Waals surface area contributed by atoms with Gasteiger partial charge in [-0.1, -0.05) is 121 Å². The highest BCUT2D eigenvalue weighted by atomic mass is 15.1. The molecule has 0 saturated heterocycles. The van der Waals surface area contributed by atoms with Gasteiger partial charge in [0.25, 0.3) is 0 Å². The minimum atomic E-state index is 1.11. The fourth-order valence-electron chi connectivity index (χ4n) is 9.91. The first-order valence-electron chi connectivity index (χ1n) is 20.6. The van der Waals surface area contributed by atoms with Gasteiger partial charge < -0.3 is 18.6 Å². The Balaban J connectivity index is 1.13. The Hall–Kier alpha value is -7.82. The average Bonchev–Trinajstić information content (AvgIpc) is 4.02. The van der Waals surface area contributed by atoms with Crippen LogP contribution in [0.1, 0.15) is 12.5 Å². The number of nitrogens with zero attached hydrogens (tertiary/aromatic N) is 4. The first-order valence-corrected chi connectivity index (χ1v) is 20.6. The summed E-state index contributed by atoms with van der Waals surface area (Å²) in [5.41, 5.74) is 15.4. The van der Waals surface area contributed by atoms with E-state index in [1.54, 1.807) is 0 Å². The Morgan fingerprint density at radius 2 is 1.00 bits per heavy atom. The fraction of sp³-hybridized carbons (Fsp3) is 0.0357. The van der Waals surface area contributed by atoms with E-state index in [4.69, 9.17) is 0 Å². The first-order chi connectivity index (χ1) is 29.6. The fourth-order valence-corrected chi connectivity index (χ4v) is 9.91. The summed E-state index contributed by atoms with van der Waals surface area (Å²) in [4.78, 5) is 4.72. The van der Waals surface area contributed by atoms with Gasteiger partial charge in [-0.05, 0) is 98.3 Å². The molecular weight excluding hydrogens is 729 g/mol. The van der Waals surface area contributed by atoms with Crippen molar-refractivity contribution in [3.63, 3.8) is 0 Å². The monoisotopic (exact) mass is 768 g/mol. The van der Waals surface area contributed by atoms with Gasteiger partial charge in [0.15, 0.2) is 0 Å². The Morgan fingerprint density at radius 3 is 1.60 bits per heavy atom. The SMILES string of the molecule is C=C/C(C)=C\C=C/N(c1ccccc1)c1cccc2c1c1cccc3c4cc5c(cc4n2c31)c1cccc2c3c(N(c4ccccc4)c4cccc(C)c4)cccc3n5c12. The zero-order valence-corrected chi connectivity index (χ0v) is 33.5. The lowest BCUT2D eigenvalue weighted by Crippen LogP contribution is -2.10. The van der Waals surface area contributed by atoms with Gasteiger partial charge in [0.1, 0.15) is 0 Å². The molecule has 0 bridgehead atoms. The largest absolute Gasteiger partial charge is 0.316 e. The van der Waals surface area contributed by atoms with Crippen molar-refractivity contribution in [2.75, 3.05) is 9.80 Å². The Morgan fingerprint density at radius 1 is 0.483 bits per heavy atom. The number of allylic oxidation sites excluding steroid dienone is 4. The smallest absolute Gasteiger partial charge is 0.0621 e. The van der Waals surface area contributed by atoms with Gasteiger partial charge in [-0.3, -0.25) is 0 Å². The van der Waals surface area contributed by atoms with Crippen LogP contribution in [0, 0.1) is 6.92 Å². The summed E-state index contributed by atoms with van der Waals surface area (Å²) >= 11 is 0. The highest BCUT2D eigenvalue weighted by molar-refractivity contribution is 6.31. The van der Waals surface area contributed by atoms with Crippen molar-refractivity contribution >= 4 is 105 Å². The van der Waals surface area contributed by atoms with Crippen molar-refractivity contribution in [2.24, 2.45) is 0 Å². The van der Waals surface area contributed by atoms with E-state index in [-0.39, 0.29) is 0 Å². The summed E-state index contributed by atoms with van der Waals surface area (Å²) in [5.74, 6) is 0. The number of para-hydroxylation sites is 4. The van der Waals surface area contributed by atoms with Crippen LogP contribution >= 0.6 is 0 Å². The van der Waals surface area contributed by atoms with Crippen LogP contribution in [0.25, 0.3) is 76.2 Å². The van der Waals surface area contributed by atoms with Gasteiger partial charge in [-0.25, -0.2) is 0 Å². The standard InChI is InChI=1S/C56H40N4/c1-4-36(2)18-16-32-57(38-19-7-5-8-20-38)47-28-14-30-49-53(47)43-26-12-24-41-45-35-52-46(34-51(45)59(49)55(41)43)42-25-13-27-44-54-48(29-15-31-50(54)60(52)56(42)44)58(39-21-9-6-10-22-39)40-23-11-17-37(3)33-40/h4-35H,1H2,2-3H3/b32-16-,36-18-. The average molecular weight is 769 g/mol. The van der Waals surface area contributed by atoms with E-state index in [1.807, 2.05) is 6.08 Å². The second-order valence-electron chi connectivity index (χ2n) is 16.0. The molecule has 0 fully saturated rings. The van der Waals surface area contributed by atoms with E-state index in [0.717, 1.165) is 28.3 Å². The molecule has 0 aliphatic heterocycles. The topological polar surface area (TPSA) is 15.3 Å². The first kappa shape index (κ1) is 34.2. The van der Waals surface area contributed by atoms with Crippen molar-refractivity contribution in [2.45, 2.75) is 13.8 Å². The lowest BCUT2D eigenvalue weighted by Gasteiger charge is -2.26. The third-order valence-corrected chi connectivity index (χ3v) is 12.5. The van der Waals surface area contributed by atoms with E-state index < -0.39 is 0 Å². The molecule has 0 aliphatic carbocycles. The molecule has 284 valence electrons. The van der Waals surface area contributed by atoms with Crippen LogP contribution < -0.4 is 9.80 Å². The molecule has 60 heavy (non-hydrogen) atoms. The summed E-state index contributed by atoms with van der Waals surface area (Å²) < 4.78 is 5.03. The molecule has 0 spiro atoms. The highest BCUT2D eigenvalue weighted by Gasteiger charge is 2.26. The van der Waals surface area contributed by atoms with Gasteiger partial charge in [0, 0.05) is 66.4 Å². The van der Waals surface area contributed by atoms with Crippen molar-refractivity contribution in [3.05, 3.63) is 212 Å². The lowest BCUT2D eigenvalue weighted by atomic mass is 10.0. The quantitative estimate of drug-likeness (QED) is 0.143. The molecule has 4 nitrogen and oxygen atoms in total. The summed E-state index contributed by atoms with van der Waals surface area (Å²) in [6.07, 6.45) is 8.27. The summed E-state index contributed by atoms with van der Waals surface area (Å²) in [6, 6.07) is 62.3. The molecular formula is C56H40N4. The van der Waals surface area contributed by atoms with Crippen LogP contribution in [0.15, 0.2) is 206 Å². The van der Waals surface area contributed by atoms with E-state index in [9.17, 15) is 0 Å². The number of aryl methyl sites for hydroxylation is 1. The Labute approximate surface area is 347 Å². The molecule has 0 N–H and O–H groups in total. The normalized spacial score (nSPS) is 12.6. The van der Waals surface area contributed by atoms with Crippen LogP contribution in [0.5, 0.6) is 0 Å². The molecule has 12 rings (SSSR count). The van der Waals surface area contributed by atoms with Crippen molar-refractivity contribution in [1.29, 1.82) is 0 Å². The number of hydrogen-bond acceptors (Lipinski definition) is 2.